The average Bonchev–Trinajstić information content (AvgIpc) is 2.72. The first-order valence-electron chi connectivity index (χ1n) is 5.71. The molecule has 0 radical (unpaired) electrons. The Bertz CT molecular complexity index is 640. The minimum atomic E-state index is -4.12. The molecule has 0 aromatic carbocycles. The quantitative estimate of drug-likeness (QED) is 0.400. The van der Waals surface area contributed by atoms with Crippen molar-refractivity contribution in [3.63, 3.8) is 0 Å². The van der Waals surface area contributed by atoms with Gasteiger partial charge in [0.15, 0.2) is 11.5 Å². The predicted octanol–water partition coefficient (Wildman–Crippen LogP) is -1.51. The van der Waals surface area contributed by atoms with Crippen LogP contribution in [0.2, 0.25) is 0 Å². The summed E-state index contributed by atoms with van der Waals surface area (Å²) in [5, 5.41) is 12.3. The molecule has 0 bridgehead atoms. The van der Waals surface area contributed by atoms with Gasteiger partial charge in [0.1, 0.15) is 11.8 Å². The summed E-state index contributed by atoms with van der Waals surface area (Å²) in [4.78, 5) is 29.2. The van der Waals surface area contributed by atoms with Gasteiger partial charge in [-0.25, -0.2) is 15.0 Å². The first-order valence-corrected chi connectivity index (χ1v) is 7.51. The van der Waals surface area contributed by atoms with Gasteiger partial charge in [-0.1, -0.05) is 0 Å². The van der Waals surface area contributed by atoms with E-state index in [4.69, 9.17) is 15.5 Å². The van der Waals surface area contributed by atoms with Crippen molar-refractivity contribution in [2.75, 3.05) is 18.6 Å². The van der Waals surface area contributed by atoms with Crippen LogP contribution in [0.4, 0.5) is 5.82 Å². The van der Waals surface area contributed by atoms with Gasteiger partial charge in [0.05, 0.1) is 25.3 Å². The molecule has 2 aromatic heterocycles. The lowest BCUT2D eigenvalue weighted by atomic mass is 10.3. The molecule has 6 N–H and O–H groups in total. The van der Waals surface area contributed by atoms with Gasteiger partial charge in [-0.15, -0.1) is 0 Å². The Balaban J connectivity index is 1.98. The van der Waals surface area contributed by atoms with Gasteiger partial charge in [0.2, 0.25) is 0 Å². The molecule has 2 heterocycles. The maximum absolute atomic E-state index is 10.6. The van der Waals surface area contributed by atoms with Crippen molar-refractivity contribution in [2.24, 2.45) is 0 Å². The number of imidazole rings is 1. The van der Waals surface area contributed by atoms with Crippen LogP contribution in [0.15, 0.2) is 12.7 Å². The molecule has 10 nitrogen and oxygen atoms in total. The van der Waals surface area contributed by atoms with Crippen molar-refractivity contribution < 1.29 is 19.5 Å². The fourth-order valence-electron chi connectivity index (χ4n) is 1.70. The number of aliphatic hydroxyl groups is 1. The van der Waals surface area contributed by atoms with Gasteiger partial charge in [-0.3, -0.25) is 4.57 Å². The molecule has 110 valence electrons. The minimum Gasteiger partial charge on any atom is -0.390 e. The largest absolute Gasteiger partial charge is 0.390 e. The van der Waals surface area contributed by atoms with E-state index in [2.05, 4.69) is 20.3 Å². The number of fused-ring (bicyclic) bond motifs is 1. The highest BCUT2D eigenvalue weighted by Gasteiger charge is 2.15. The van der Waals surface area contributed by atoms with Crippen LogP contribution < -0.4 is 11.1 Å². The summed E-state index contributed by atoms with van der Waals surface area (Å²) in [5.41, 5.74) is 6.58. The topological polar surface area (TPSA) is 159 Å². The lowest BCUT2D eigenvalue weighted by Gasteiger charge is -2.13. The van der Waals surface area contributed by atoms with E-state index in [1.165, 1.54) is 12.7 Å². The fraction of sp³-hybridized carbons (Fsp3) is 0.444. The van der Waals surface area contributed by atoms with Gasteiger partial charge in [0, 0.05) is 6.54 Å². The summed E-state index contributed by atoms with van der Waals surface area (Å²) in [5.74, 6) is 0.253. The van der Waals surface area contributed by atoms with E-state index >= 15 is 0 Å². The lowest BCUT2D eigenvalue weighted by Crippen LogP contribution is -2.30. The van der Waals surface area contributed by atoms with Crippen LogP contribution in [0.5, 0.6) is 0 Å². The van der Waals surface area contributed by atoms with E-state index in [1.54, 1.807) is 4.57 Å². The third kappa shape index (κ3) is 3.71. The summed E-state index contributed by atoms with van der Waals surface area (Å²) in [7, 11) is -4.12. The zero-order valence-electron chi connectivity index (χ0n) is 10.4. The number of anilines is 1. The number of aliphatic hydroxyl groups excluding tert-OH is 1. The maximum atomic E-state index is 10.6. The van der Waals surface area contributed by atoms with Gasteiger partial charge in [0.25, 0.3) is 0 Å². The van der Waals surface area contributed by atoms with Crippen molar-refractivity contribution in [1.82, 2.24) is 24.8 Å². The van der Waals surface area contributed by atoms with Crippen LogP contribution in [-0.2, 0) is 11.1 Å². The Hall–Kier alpha value is -1.58. The summed E-state index contributed by atoms with van der Waals surface area (Å²) >= 11 is 0. The number of hydrogen-bond acceptors (Lipinski definition) is 7. The molecule has 1 atom stereocenters. The fourth-order valence-corrected chi connectivity index (χ4v) is 2.12. The van der Waals surface area contributed by atoms with Crippen LogP contribution in [0, 0.1) is 0 Å². The van der Waals surface area contributed by atoms with Crippen LogP contribution in [0.1, 0.15) is 0 Å². The number of nitrogens with zero attached hydrogens (tertiary/aromatic N) is 4. The molecule has 0 saturated carbocycles. The Kier molecular flexibility index (Phi) is 4.31. The number of nitrogens with two attached hydrogens (primary N) is 1. The van der Waals surface area contributed by atoms with Crippen LogP contribution in [0.3, 0.4) is 0 Å². The molecule has 1 unspecified atom stereocenters. The van der Waals surface area contributed by atoms with E-state index in [9.17, 15) is 9.67 Å². The number of rotatable bonds is 6. The molecule has 0 aliphatic carbocycles. The number of aromatic nitrogens is 4. The number of nitrogens with one attached hydrogen (secondary N) is 1. The third-order valence-corrected chi connectivity index (χ3v) is 3.17. The second-order valence-electron chi connectivity index (χ2n) is 4.26. The first-order chi connectivity index (χ1) is 9.37. The summed E-state index contributed by atoms with van der Waals surface area (Å²) < 4.78 is 12.2. The van der Waals surface area contributed by atoms with E-state index in [-0.39, 0.29) is 18.9 Å². The highest BCUT2D eigenvalue weighted by Crippen LogP contribution is 2.31. The Morgan fingerprint density at radius 2 is 2.15 bits per heavy atom. The molecule has 2 aromatic rings. The smallest absolute Gasteiger partial charge is 0.339 e. The van der Waals surface area contributed by atoms with Crippen molar-refractivity contribution in [3.8, 4) is 0 Å². The molecule has 0 aliphatic heterocycles. The predicted molar refractivity (Wildman–Crippen MR) is 70.7 cm³/mol. The SMILES string of the molecule is Nc1ncnc2c1ncn2CC(O)CNCP(=O)(O)O. The zero-order chi connectivity index (χ0) is 14.8. The zero-order valence-corrected chi connectivity index (χ0v) is 11.3. The van der Waals surface area contributed by atoms with Crippen molar-refractivity contribution in [3.05, 3.63) is 12.7 Å². The van der Waals surface area contributed by atoms with E-state index < -0.39 is 20.0 Å². The standard InChI is InChI=1S/C9H15N6O4P/c10-8-7-9(13-3-12-8)15(4-14-7)2-6(16)1-11-5-20(17,18)19/h3-4,6,11,16H,1-2,5H2,(H2,10,12,13)(H2,17,18,19). The molecule has 0 fully saturated rings. The highest BCUT2D eigenvalue weighted by atomic mass is 31.2. The minimum absolute atomic E-state index is 0.0331. The molecule has 2 rings (SSSR count). The van der Waals surface area contributed by atoms with Crippen molar-refractivity contribution in [1.29, 1.82) is 0 Å². The van der Waals surface area contributed by atoms with Gasteiger partial charge < -0.3 is 30.5 Å². The van der Waals surface area contributed by atoms with E-state index in [1.807, 2.05) is 0 Å². The summed E-state index contributed by atoms with van der Waals surface area (Å²) in [6.45, 7) is 0.201. The van der Waals surface area contributed by atoms with E-state index in [0.29, 0.717) is 11.2 Å². The summed E-state index contributed by atoms with van der Waals surface area (Å²) in [6, 6.07) is 0. The Morgan fingerprint density at radius 3 is 2.85 bits per heavy atom. The second kappa shape index (κ2) is 5.81. The molecule has 0 saturated heterocycles. The van der Waals surface area contributed by atoms with Crippen LogP contribution in [0.25, 0.3) is 11.2 Å². The average molecular weight is 302 g/mol. The van der Waals surface area contributed by atoms with E-state index in [0.717, 1.165) is 0 Å². The second-order valence-corrected chi connectivity index (χ2v) is 5.90. The van der Waals surface area contributed by atoms with Crippen LogP contribution >= 0.6 is 7.60 Å². The lowest BCUT2D eigenvalue weighted by molar-refractivity contribution is 0.154. The molecular weight excluding hydrogens is 287 g/mol. The number of hydrogen-bond donors (Lipinski definition) is 5. The van der Waals surface area contributed by atoms with Crippen molar-refractivity contribution in [2.45, 2.75) is 12.6 Å². The maximum Gasteiger partial charge on any atom is 0.339 e. The monoisotopic (exact) mass is 302 g/mol. The molecular formula is C9H15N6O4P. The normalized spacial score (nSPS) is 13.8. The first kappa shape index (κ1) is 14.8. The molecule has 0 aliphatic rings. The van der Waals surface area contributed by atoms with Gasteiger partial charge in [-0.2, -0.15) is 0 Å². The number of nitrogen functional groups attached to an aromatic ring is 1. The summed E-state index contributed by atoms with van der Waals surface area (Å²) in [6.07, 6.45) is 1.44. The molecule has 0 amide bonds. The molecule has 11 heteroatoms. The third-order valence-electron chi connectivity index (χ3n) is 2.53. The van der Waals surface area contributed by atoms with Gasteiger partial charge >= 0.3 is 7.60 Å². The Morgan fingerprint density at radius 1 is 1.40 bits per heavy atom. The molecule has 20 heavy (non-hydrogen) atoms. The van der Waals surface area contributed by atoms with Crippen LogP contribution in [-0.4, -0.2) is 53.3 Å². The van der Waals surface area contributed by atoms with Crippen molar-refractivity contribution >= 4 is 24.6 Å². The highest BCUT2D eigenvalue weighted by molar-refractivity contribution is 7.51. The molecule has 0 spiro atoms. The Labute approximate surface area is 113 Å². The van der Waals surface area contributed by atoms with Gasteiger partial charge in [-0.05, 0) is 0 Å².